The van der Waals surface area contributed by atoms with Crippen LogP contribution < -0.4 is 0 Å². The van der Waals surface area contributed by atoms with Crippen LogP contribution in [0, 0.1) is 11.3 Å². The van der Waals surface area contributed by atoms with Gasteiger partial charge in [0.05, 0.1) is 22.0 Å². The van der Waals surface area contributed by atoms with Crippen LogP contribution in [0.3, 0.4) is 0 Å². The van der Waals surface area contributed by atoms with Gasteiger partial charge < -0.3 is 0 Å². The zero-order valence-electron chi connectivity index (χ0n) is 6.47. The lowest BCUT2D eigenvalue weighted by atomic mass is 10.1. The van der Waals surface area contributed by atoms with Crippen molar-refractivity contribution < 1.29 is 0 Å². The van der Waals surface area contributed by atoms with E-state index in [1.165, 1.54) is 11.3 Å². The van der Waals surface area contributed by atoms with Crippen molar-refractivity contribution in [2.45, 2.75) is 19.3 Å². The van der Waals surface area contributed by atoms with E-state index in [1.807, 2.05) is 6.92 Å². The van der Waals surface area contributed by atoms with Crippen molar-refractivity contribution in [2.24, 2.45) is 0 Å². The molecule has 0 aliphatic rings. The molecular weight excluding hydrogens is 213 g/mol. The lowest BCUT2D eigenvalue weighted by molar-refractivity contribution is 0.835. The molecule has 12 heavy (non-hydrogen) atoms. The Balaban J connectivity index is 3.03. The SMILES string of the molecule is CCC(C#N)c1scc(Cl)c1Cl. The van der Waals surface area contributed by atoms with Gasteiger partial charge in [-0.25, -0.2) is 0 Å². The van der Waals surface area contributed by atoms with Crippen LogP contribution in [0.15, 0.2) is 5.38 Å². The Morgan fingerprint density at radius 1 is 1.67 bits per heavy atom. The maximum Gasteiger partial charge on any atom is 0.0818 e. The number of thiophene rings is 1. The molecule has 0 radical (unpaired) electrons. The second-order valence-corrected chi connectivity index (χ2v) is 4.05. The summed E-state index contributed by atoms with van der Waals surface area (Å²) in [7, 11) is 0. The van der Waals surface area contributed by atoms with Crippen molar-refractivity contribution in [3.05, 3.63) is 20.3 Å². The molecule has 1 aromatic rings. The lowest BCUT2D eigenvalue weighted by Crippen LogP contribution is -1.89. The second-order valence-electron chi connectivity index (χ2n) is 2.35. The molecule has 4 heteroatoms. The number of nitrogens with zero attached hydrogens (tertiary/aromatic N) is 1. The van der Waals surface area contributed by atoms with Gasteiger partial charge in [0.1, 0.15) is 0 Å². The molecule has 1 unspecified atom stereocenters. The summed E-state index contributed by atoms with van der Waals surface area (Å²) in [5.41, 5.74) is 0. The number of rotatable bonds is 2. The zero-order chi connectivity index (χ0) is 9.14. The van der Waals surface area contributed by atoms with Crippen molar-refractivity contribution in [2.75, 3.05) is 0 Å². The average Bonchev–Trinajstić information content (AvgIpc) is 2.38. The Hall–Kier alpha value is -0.230. The largest absolute Gasteiger partial charge is 0.198 e. The smallest absolute Gasteiger partial charge is 0.0818 e. The minimum absolute atomic E-state index is 0.116. The Morgan fingerprint density at radius 3 is 2.67 bits per heavy atom. The fraction of sp³-hybridized carbons (Fsp3) is 0.375. The van der Waals surface area contributed by atoms with Gasteiger partial charge in [-0.3, -0.25) is 0 Å². The molecule has 1 atom stereocenters. The van der Waals surface area contributed by atoms with Gasteiger partial charge >= 0.3 is 0 Å². The van der Waals surface area contributed by atoms with Crippen LogP contribution in [0.25, 0.3) is 0 Å². The van der Waals surface area contributed by atoms with Crippen LogP contribution in [0.1, 0.15) is 24.1 Å². The molecular formula is C8H7Cl2NS. The van der Waals surface area contributed by atoms with Crippen molar-refractivity contribution >= 4 is 34.5 Å². The highest BCUT2D eigenvalue weighted by Gasteiger charge is 2.16. The third-order valence-electron chi connectivity index (χ3n) is 1.60. The molecule has 0 N–H and O–H groups in total. The highest BCUT2D eigenvalue weighted by atomic mass is 35.5. The standard InChI is InChI=1S/C8H7Cl2NS/c1-2-5(3-11)8-7(10)6(9)4-12-8/h4-5H,2H2,1H3. The van der Waals surface area contributed by atoms with E-state index in [1.54, 1.807) is 5.38 Å². The van der Waals surface area contributed by atoms with Gasteiger partial charge in [-0.2, -0.15) is 5.26 Å². The van der Waals surface area contributed by atoms with Gasteiger partial charge in [0, 0.05) is 10.3 Å². The Morgan fingerprint density at radius 2 is 2.33 bits per heavy atom. The summed E-state index contributed by atoms with van der Waals surface area (Å²) in [5, 5.41) is 11.6. The molecule has 1 heterocycles. The predicted molar refractivity (Wildman–Crippen MR) is 53.0 cm³/mol. The van der Waals surface area contributed by atoms with E-state index < -0.39 is 0 Å². The van der Waals surface area contributed by atoms with Crippen LogP contribution in [-0.2, 0) is 0 Å². The first kappa shape index (κ1) is 9.85. The molecule has 0 spiro atoms. The molecule has 0 bridgehead atoms. The molecule has 0 aliphatic carbocycles. The van der Waals surface area contributed by atoms with Gasteiger partial charge in [0.15, 0.2) is 0 Å². The van der Waals surface area contributed by atoms with Gasteiger partial charge in [0.25, 0.3) is 0 Å². The van der Waals surface area contributed by atoms with E-state index in [4.69, 9.17) is 28.5 Å². The third kappa shape index (κ3) is 1.74. The highest BCUT2D eigenvalue weighted by Crippen LogP contribution is 2.37. The first-order chi connectivity index (χ1) is 5.70. The lowest BCUT2D eigenvalue weighted by Gasteiger charge is -2.02. The van der Waals surface area contributed by atoms with E-state index in [0.29, 0.717) is 10.0 Å². The van der Waals surface area contributed by atoms with Gasteiger partial charge in [-0.05, 0) is 6.42 Å². The molecule has 0 fully saturated rings. The summed E-state index contributed by atoms with van der Waals surface area (Å²) in [4.78, 5) is 0.881. The van der Waals surface area contributed by atoms with E-state index in [2.05, 4.69) is 6.07 Å². The van der Waals surface area contributed by atoms with E-state index in [0.717, 1.165) is 11.3 Å². The molecule has 0 aliphatic heterocycles. The summed E-state index contributed by atoms with van der Waals surface area (Å²) in [6.07, 6.45) is 0.771. The van der Waals surface area contributed by atoms with Crippen LogP contribution in [-0.4, -0.2) is 0 Å². The fourth-order valence-electron chi connectivity index (χ4n) is 0.907. The van der Waals surface area contributed by atoms with Crippen LogP contribution in [0.4, 0.5) is 0 Å². The fourth-order valence-corrected chi connectivity index (χ4v) is 2.53. The number of nitriles is 1. The van der Waals surface area contributed by atoms with Gasteiger partial charge in [-0.1, -0.05) is 30.1 Å². The summed E-state index contributed by atoms with van der Waals surface area (Å²) in [6, 6.07) is 2.19. The molecule has 0 aromatic carbocycles. The van der Waals surface area contributed by atoms with Crippen molar-refractivity contribution in [3.8, 4) is 6.07 Å². The predicted octanol–water partition coefficient (Wildman–Crippen LogP) is 4.07. The molecule has 1 nitrogen and oxygen atoms in total. The molecule has 0 saturated heterocycles. The van der Waals surface area contributed by atoms with Crippen LogP contribution >= 0.6 is 34.5 Å². The van der Waals surface area contributed by atoms with E-state index >= 15 is 0 Å². The normalized spacial score (nSPS) is 12.5. The Labute approximate surface area is 85.5 Å². The highest BCUT2D eigenvalue weighted by molar-refractivity contribution is 7.11. The number of hydrogen-bond donors (Lipinski definition) is 0. The molecule has 1 aromatic heterocycles. The van der Waals surface area contributed by atoms with Gasteiger partial charge in [-0.15, -0.1) is 11.3 Å². The molecule has 64 valence electrons. The number of halogens is 2. The average molecular weight is 220 g/mol. The molecule has 0 amide bonds. The number of hydrogen-bond acceptors (Lipinski definition) is 2. The first-order valence-corrected chi connectivity index (χ1v) is 5.16. The second kappa shape index (κ2) is 4.13. The van der Waals surface area contributed by atoms with E-state index in [-0.39, 0.29) is 5.92 Å². The minimum atomic E-state index is -0.116. The minimum Gasteiger partial charge on any atom is -0.198 e. The van der Waals surface area contributed by atoms with E-state index in [9.17, 15) is 0 Å². The monoisotopic (exact) mass is 219 g/mol. The van der Waals surface area contributed by atoms with Crippen molar-refractivity contribution in [3.63, 3.8) is 0 Å². The Bertz CT molecular complexity index is 313. The van der Waals surface area contributed by atoms with Gasteiger partial charge in [0.2, 0.25) is 0 Å². The van der Waals surface area contributed by atoms with Crippen molar-refractivity contribution in [1.82, 2.24) is 0 Å². The summed E-state index contributed by atoms with van der Waals surface area (Å²) in [5.74, 6) is -0.116. The quantitative estimate of drug-likeness (QED) is 0.736. The maximum absolute atomic E-state index is 8.77. The summed E-state index contributed by atoms with van der Waals surface area (Å²) >= 11 is 13.1. The Kier molecular flexibility index (Phi) is 3.39. The summed E-state index contributed by atoms with van der Waals surface area (Å²) in [6.45, 7) is 1.96. The third-order valence-corrected chi connectivity index (χ3v) is 3.74. The summed E-state index contributed by atoms with van der Waals surface area (Å²) < 4.78 is 0. The molecule has 0 saturated carbocycles. The van der Waals surface area contributed by atoms with Crippen molar-refractivity contribution in [1.29, 1.82) is 5.26 Å². The zero-order valence-corrected chi connectivity index (χ0v) is 8.80. The first-order valence-electron chi connectivity index (χ1n) is 3.52. The van der Waals surface area contributed by atoms with Crippen LogP contribution in [0.5, 0.6) is 0 Å². The van der Waals surface area contributed by atoms with Crippen LogP contribution in [0.2, 0.25) is 10.0 Å². The topological polar surface area (TPSA) is 23.8 Å². The maximum atomic E-state index is 8.77. The molecule has 1 rings (SSSR count).